The molecule has 226 valence electrons. The molecule has 3 aromatic carbocycles. The summed E-state index contributed by atoms with van der Waals surface area (Å²) in [7, 11) is 0. The number of aromatic amines is 1. The third kappa shape index (κ3) is 7.37. The van der Waals surface area contributed by atoms with Gasteiger partial charge < -0.3 is 1.43 Å². The van der Waals surface area contributed by atoms with Crippen molar-refractivity contribution in [1.29, 1.82) is 0 Å². The fourth-order valence-electron chi connectivity index (χ4n) is 5.02. The molecule has 0 radical (unpaired) electrons. The molecule has 1 N–H and O–H groups in total. The van der Waals surface area contributed by atoms with Crippen LogP contribution in [0.1, 0.15) is 17.4 Å². The maximum Gasteiger partial charge on any atom is 1.00 e. The standard InChI is InChI=1S/C31H22F4N4O4S.K.H/c32-21-11-7-18(8-12-21)13-14-38-27(40)25-15-22(16-31(33,34)35)44-28(25)39(30(38)42)17-19-5-9-20(10-6-19)23-3-1-2-4-24(23)26-36-29(41)43-37-26;;/h1-12,15H,13-14,16-17H2,(H,36,37,41);;/q;+1;-1. The summed E-state index contributed by atoms with van der Waals surface area (Å²) in [6, 6.07) is 21.2. The molecule has 0 saturated heterocycles. The number of aryl methyl sites for hydroxylation is 1. The molecule has 0 aliphatic rings. The van der Waals surface area contributed by atoms with Crippen LogP contribution in [0.5, 0.6) is 0 Å². The van der Waals surface area contributed by atoms with E-state index in [9.17, 15) is 31.9 Å². The minimum absolute atomic E-state index is 0. The second-order valence-electron chi connectivity index (χ2n) is 10.1. The number of alkyl halides is 3. The topological polar surface area (TPSA) is 103 Å². The van der Waals surface area contributed by atoms with E-state index < -0.39 is 35.4 Å². The Labute approximate surface area is 299 Å². The molecule has 0 bridgehead atoms. The first-order valence-corrected chi connectivity index (χ1v) is 14.2. The predicted molar refractivity (Wildman–Crippen MR) is 158 cm³/mol. The van der Waals surface area contributed by atoms with Gasteiger partial charge in [-0.15, -0.1) is 11.3 Å². The van der Waals surface area contributed by atoms with E-state index in [-0.39, 0.29) is 93.2 Å². The van der Waals surface area contributed by atoms with Crippen LogP contribution in [0.2, 0.25) is 0 Å². The minimum atomic E-state index is -4.49. The minimum Gasteiger partial charge on any atom is -1.00 e. The number of rotatable bonds is 8. The zero-order chi connectivity index (χ0) is 31.0. The van der Waals surface area contributed by atoms with Gasteiger partial charge in [0.15, 0.2) is 5.82 Å². The van der Waals surface area contributed by atoms with Gasteiger partial charge in [-0.25, -0.2) is 14.0 Å². The number of hydrogen-bond acceptors (Lipinski definition) is 6. The van der Waals surface area contributed by atoms with Crippen molar-refractivity contribution in [3.8, 4) is 22.5 Å². The number of nitrogens with zero attached hydrogens (tertiary/aromatic N) is 3. The van der Waals surface area contributed by atoms with E-state index in [0.29, 0.717) is 16.7 Å². The van der Waals surface area contributed by atoms with Crippen LogP contribution in [0, 0.1) is 5.82 Å². The van der Waals surface area contributed by atoms with Crippen LogP contribution in [0.15, 0.2) is 97.8 Å². The van der Waals surface area contributed by atoms with E-state index in [1.54, 1.807) is 36.4 Å². The van der Waals surface area contributed by atoms with Crippen molar-refractivity contribution in [3.63, 3.8) is 0 Å². The summed E-state index contributed by atoms with van der Waals surface area (Å²) >= 11 is 0.768. The number of hydrogen-bond donors (Lipinski definition) is 1. The summed E-state index contributed by atoms with van der Waals surface area (Å²) in [6.45, 7) is -0.0415. The summed E-state index contributed by atoms with van der Waals surface area (Å²) < 4.78 is 60.0. The quantitative estimate of drug-likeness (QED) is 0.200. The van der Waals surface area contributed by atoms with E-state index in [0.717, 1.165) is 27.0 Å². The van der Waals surface area contributed by atoms with E-state index in [1.807, 2.05) is 24.3 Å². The summed E-state index contributed by atoms with van der Waals surface area (Å²) in [5, 5.41) is 3.79. The fourth-order valence-corrected chi connectivity index (χ4v) is 6.19. The van der Waals surface area contributed by atoms with Crippen molar-refractivity contribution in [3.05, 3.63) is 132 Å². The van der Waals surface area contributed by atoms with Gasteiger partial charge in [0, 0.05) is 17.0 Å². The third-order valence-electron chi connectivity index (χ3n) is 7.09. The largest absolute Gasteiger partial charge is 1.00 e. The number of aromatic nitrogens is 4. The molecule has 0 atom stereocenters. The molecule has 0 amide bonds. The number of fused-ring (bicyclic) bond motifs is 1. The molecule has 0 unspecified atom stereocenters. The molecule has 14 heteroatoms. The Bertz CT molecular complexity index is 2150. The Morgan fingerprint density at radius 3 is 2.20 bits per heavy atom. The van der Waals surface area contributed by atoms with Gasteiger partial charge in [-0.2, -0.15) is 13.2 Å². The first kappa shape index (κ1) is 33.0. The Hall–Kier alpha value is -3.40. The monoisotopic (exact) mass is 662 g/mol. The first-order valence-electron chi connectivity index (χ1n) is 13.4. The van der Waals surface area contributed by atoms with Crippen LogP contribution < -0.4 is 68.4 Å². The van der Waals surface area contributed by atoms with Crippen LogP contribution in [0.4, 0.5) is 17.6 Å². The third-order valence-corrected chi connectivity index (χ3v) is 8.24. The van der Waals surface area contributed by atoms with Gasteiger partial charge in [0.2, 0.25) is 0 Å². The number of halogens is 4. The zero-order valence-corrected chi connectivity index (χ0v) is 27.7. The second kappa shape index (κ2) is 13.5. The van der Waals surface area contributed by atoms with Crippen LogP contribution in [0.25, 0.3) is 32.7 Å². The van der Waals surface area contributed by atoms with Crippen LogP contribution in [-0.4, -0.2) is 25.5 Å². The van der Waals surface area contributed by atoms with Gasteiger partial charge >= 0.3 is 69.0 Å². The molecule has 6 rings (SSSR count). The van der Waals surface area contributed by atoms with E-state index in [2.05, 4.69) is 14.7 Å². The SMILES string of the molecule is O=c1[nH]c(-c2ccccc2-c2ccc(Cn3c(=O)n(CCc4ccc(F)cc4)c(=O)c4cc(CC(F)(F)F)sc43)cc2)no1.[H-].[K+]. The zero-order valence-electron chi connectivity index (χ0n) is 24.7. The predicted octanol–water partition coefficient (Wildman–Crippen LogP) is 2.89. The normalized spacial score (nSPS) is 11.6. The molecular weight excluding hydrogens is 640 g/mol. The van der Waals surface area contributed by atoms with Crippen molar-refractivity contribution in [1.82, 2.24) is 19.3 Å². The summed E-state index contributed by atoms with van der Waals surface area (Å²) in [6.07, 6.45) is -5.47. The molecular formula is C31H23F4KN4O4S. The second-order valence-corrected chi connectivity index (χ2v) is 11.2. The van der Waals surface area contributed by atoms with Crippen molar-refractivity contribution >= 4 is 21.6 Å². The van der Waals surface area contributed by atoms with Crippen molar-refractivity contribution in [2.24, 2.45) is 0 Å². The molecule has 0 spiro atoms. The van der Waals surface area contributed by atoms with Crippen LogP contribution in [0.3, 0.4) is 0 Å². The van der Waals surface area contributed by atoms with Gasteiger partial charge in [-0.1, -0.05) is 65.8 Å². The Kier molecular flexibility index (Phi) is 9.91. The van der Waals surface area contributed by atoms with Crippen molar-refractivity contribution in [2.45, 2.75) is 32.1 Å². The van der Waals surface area contributed by atoms with Gasteiger partial charge in [0.05, 0.1) is 18.4 Å². The molecule has 0 fully saturated rings. The number of benzene rings is 3. The Morgan fingerprint density at radius 2 is 1.56 bits per heavy atom. The number of thiophene rings is 1. The maximum absolute atomic E-state index is 13.7. The van der Waals surface area contributed by atoms with E-state index in [1.165, 1.54) is 22.8 Å². The Balaban J connectivity index is 0.00000240. The molecule has 3 aromatic heterocycles. The maximum atomic E-state index is 13.7. The van der Waals surface area contributed by atoms with E-state index >= 15 is 0 Å². The molecule has 45 heavy (non-hydrogen) atoms. The summed E-state index contributed by atoms with van der Waals surface area (Å²) in [5.41, 5.74) is 2.19. The molecule has 6 aromatic rings. The van der Waals surface area contributed by atoms with Gasteiger partial charge in [-0.3, -0.25) is 23.4 Å². The van der Waals surface area contributed by atoms with E-state index in [4.69, 9.17) is 0 Å². The molecule has 0 aliphatic carbocycles. The van der Waals surface area contributed by atoms with Crippen molar-refractivity contribution in [2.75, 3.05) is 0 Å². The van der Waals surface area contributed by atoms with Gasteiger partial charge in [-0.05, 0) is 46.9 Å². The molecule has 0 saturated carbocycles. The fraction of sp³-hybridized carbons (Fsp3) is 0.161. The average molecular weight is 663 g/mol. The first-order chi connectivity index (χ1) is 21.1. The summed E-state index contributed by atoms with van der Waals surface area (Å²) in [4.78, 5) is 41.1. The summed E-state index contributed by atoms with van der Waals surface area (Å²) in [5.74, 6) is -0.848. The van der Waals surface area contributed by atoms with Crippen LogP contribution in [-0.2, 0) is 25.9 Å². The van der Waals surface area contributed by atoms with Crippen LogP contribution >= 0.6 is 11.3 Å². The number of H-pyrrole nitrogens is 1. The average Bonchev–Trinajstić information content (AvgIpc) is 3.62. The van der Waals surface area contributed by atoms with Gasteiger partial charge in [0.25, 0.3) is 5.56 Å². The molecule has 8 nitrogen and oxygen atoms in total. The smallest absolute Gasteiger partial charge is 1.00 e. The van der Waals surface area contributed by atoms with Gasteiger partial charge in [0.1, 0.15) is 10.6 Å². The molecule has 3 heterocycles. The Morgan fingerprint density at radius 1 is 0.889 bits per heavy atom. The van der Waals surface area contributed by atoms with Crippen molar-refractivity contribution < 1.29 is 74.9 Å². The number of nitrogens with one attached hydrogen (secondary N) is 1. The molecule has 0 aliphatic heterocycles.